The highest BCUT2D eigenvalue weighted by Crippen LogP contribution is 2.45. The zero-order valence-corrected chi connectivity index (χ0v) is 22.5. The molecule has 0 aromatic heterocycles. The summed E-state index contributed by atoms with van der Waals surface area (Å²) in [4.78, 5) is 33.5. The maximum Gasteiger partial charge on any atom is 0.333 e. The number of aromatic hydroxyl groups is 1. The van der Waals surface area contributed by atoms with Crippen LogP contribution in [0.3, 0.4) is 0 Å². The van der Waals surface area contributed by atoms with Gasteiger partial charge in [0, 0.05) is 30.4 Å². The molecule has 8 heteroatoms. The van der Waals surface area contributed by atoms with E-state index in [1.165, 1.54) is 12.8 Å². The fraction of sp³-hybridized carbons (Fsp3) is 0.567. The van der Waals surface area contributed by atoms with E-state index in [1.54, 1.807) is 26.0 Å². The lowest BCUT2D eigenvalue weighted by molar-refractivity contribution is -0.152. The van der Waals surface area contributed by atoms with Crippen LogP contribution in [0.2, 0.25) is 0 Å². The normalized spacial score (nSPS) is 28.7. The SMILES string of the molecule is C=C(C)C(=O)OC1(C)CCCC1.C=C(C)C(=O)OC1Cc2ccc(O)cc2C1.O=C1OC2CC3CC1C2O3. The van der Waals surface area contributed by atoms with Crippen LogP contribution in [0.25, 0.3) is 0 Å². The number of ether oxygens (including phenoxy) is 4. The third-order valence-electron chi connectivity index (χ3n) is 7.75. The van der Waals surface area contributed by atoms with E-state index < -0.39 is 0 Å². The topological polar surface area (TPSA) is 108 Å². The Kier molecular flexibility index (Phi) is 8.31. The summed E-state index contributed by atoms with van der Waals surface area (Å²) >= 11 is 0. The Labute approximate surface area is 224 Å². The lowest BCUT2D eigenvalue weighted by Crippen LogP contribution is -2.28. The molecule has 3 aliphatic heterocycles. The number of hydrogen-bond acceptors (Lipinski definition) is 8. The summed E-state index contributed by atoms with van der Waals surface area (Å²) in [5.74, 6) is -0.286. The molecule has 5 atom stereocenters. The molecule has 5 aliphatic rings. The number of phenolic OH excluding ortho intramolecular Hbond substituents is 1. The Morgan fingerprint density at radius 1 is 1.03 bits per heavy atom. The van der Waals surface area contributed by atoms with Crippen LogP contribution in [0, 0.1) is 5.92 Å². The van der Waals surface area contributed by atoms with Crippen molar-refractivity contribution in [1.82, 2.24) is 0 Å². The van der Waals surface area contributed by atoms with Gasteiger partial charge in [-0.05, 0) is 76.1 Å². The van der Waals surface area contributed by atoms with Crippen LogP contribution < -0.4 is 0 Å². The van der Waals surface area contributed by atoms with E-state index in [4.69, 9.17) is 18.9 Å². The highest BCUT2D eigenvalue weighted by atomic mass is 16.6. The molecule has 38 heavy (non-hydrogen) atoms. The van der Waals surface area contributed by atoms with Gasteiger partial charge in [0.05, 0.1) is 12.0 Å². The first kappa shape index (κ1) is 27.9. The number of benzene rings is 1. The average molecular weight is 527 g/mol. The zero-order chi connectivity index (χ0) is 27.6. The second-order valence-corrected chi connectivity index (χ2v) is 11.3. The summed E-state index contributed by atoms with van der Waals surface area (Å²) in [5.41, 5.74) is 2.88. The first-order valence-corrected chi connectivity index (χ1v) is 13.4. The number of esters is 3. The van der Waals surface area contributed by atoms with E-state index in [0.717, 1.165) is 36.8 Å². The Morgan fingerprint density at radius 3 is 2.26 bits per heavy atom. The smallest absolute Gasteiger partial charge is 0.333 e. The van der Waals surface area contributed by atoms with Crippen LogP contribution in [0.15, 0.2) is 42.5 Å². The van der Waals surface area contributed by atoms with Crippen molar-refractivity contribution in [1.29, 1.82) is 0 Å². The van der Waals surface area contributed by atoms with Crippen LogP contribution in [0.1, 0.15) is 70.4 Å². The molecule has 0 amide bonds. The number of hydrogen-bond donors (Lipinski definition) is 1. The molecule has 0 radical (unpaired) electrons. The van der Waals surface area contributed by atoms with Crippen LogP contribution in [-0.4, -0.2) is 53.0 Å². The van der Waals surface area contributed by atoms with Crippen LogP contribution >= 0.6 is 0 Å². The monoisotopic (exact) mass is 526 g/mol. The van der Waals surface area contributed by atoms with Crippen molar-refractivity contribution in [3.8, 4) is 5.75 Å². The molecule has 8 nitrogen and oxygen atoms in total. The summed E-state index contributed by atoms with van der Waals surface area (Å²) in [5, 5.41) is 9.33. The standard InChI is InChI=1S/C13H14O3.C10H16O2.C7H8O3/c1-8(2)13(15)16-12-6-9-3-4-11(14)5-10(9)7-12;1-8(2)9(11)12-10(3)6-4-5-7-10;8-7-4-1-3-2-5(10-7)6(4)9-3/h3-5,12,14H,1,6-7H2,2H3;1,4-7H2,2-3H3;3-6H,1-2H2. The van der Waals surface area contributed by atoms with Crippen molar-refractivity contribution >= 4 is 17.9 Å². The molecular weight excluding hydrogens is 488 g/mol. The minimum Gasteiger partial charge on any atom is -0.508 e. The highest BCUT2D eigenvalue weighted by molar-refractivity contribution is 5.87. The first-order valence-electron chi connectivity index (χ1n) is 13.4. The molecule has 3 heterocycles. The molecule has 4 fully saturated rings. The average Bonchev–Trinajstić information content (AvgIpc) is 3.64. The van der Waals surface area contributed by atoms with Crippen LogP contribution in [-0.2, 0) is 46.2 Å². The molecular formula is C30H38O8. The van der Waals surface area contributed by atoms with Gasteiger partial charge in [-0.1, -0.05) is 19.2 Å². The van der Waals surface area contributed by atoms with E-state index >= 15 is 0 Å². The van der Waals surface area contributed by atoms with E-state index in [1.807, 2.05) is 13.0 Å². The van der Waals surface area contributed by atoms with E-state index in [-0.39, 0.29) is 53.5 Å². The Morgan fingerprint density at radius 2 is 1.68 bits per heavy atom. The van der Waals surface area contributed by atoms with Crippen molar-refractivity contribution in [3.05, 3.63) is 53.6 Å². The third kappa shape index (κ3) is 6.46. The lowest BCUT2D eigenvalue weighted by atomic mass is 9.90. The molecule has 2 aliphatic carbocycles. The predicted octanol–water partition coefficient (Wildman–Crippen LogP) is 4.51. The molecule has 1 N–H and O–H groups in total. The van der Waals surface area contributed by atoms with Gasteiger partial charge in [-0.3, -0.25) is 4.79 Å². The molecule has 2 bridgehead atoms. The molecule has 6 rings (SSSR count). The number of phenols is 1. The predicted molar refractivity (Wildman–Crippen MR) is 139 cm³/mol. The second kappa shape index (κ2) is 11.3. The Bertz CT molecular complexity index is 1110. The summed E-state index contributed by atoms with van der Waals surface area (Å²) in [6.07, 6.45) is 7.98. The quantitative estimate of drug-likeness (QED) is 0.347. The zero-order valence-electron chi connectivity index (χ0n) is 22.5. The van der Waals surface area contributed by atoms with Crippen molar-refractivity contribution in [2.45, 2.75) is 102 Å². The summed E-state index contributed by atoms with van der Waals surface area (Å²) in [7, 11) is 0. The fourth-order valence-corrected chi connectivity index (χ4v) is 5.70. The third-order valence-corrected chi connectivity index (χ3v) is 7.75. The van der Waals surface area contributed by atoms with Gasteiger partial charge in [0.15, 0.2) is 0 Å². The Balaban J connectivity index is 0.000000136. The highest BCUT2D eigenvalue weighted by Gasteiger charge is 2.58. The van der Waals surface area contributed by atoms with Crippen molar-refractivity contribution in [2.75, 3.05) is 0 Å². The van der Waals surface area contributed by atoms with Gasteiger partial charge in [-0.25, -0.2) is 9.59 Å². The summed E-state index contributed by atoms with van der Waals surface area (Å²) in [6, 6.07) is 5.25. The molecule has 1 aromatic rings. The second-order valence-electron chi connectivity index (χ2n) is 11.3. The number of carbonyl (C=O) groups excluding carboxylic acids is 3. The van der Waals surface area contributed by atoms with Gasteiger partial charge in [-0.15, -0.1) is 0 Å². The molecule has 206 valence electrons. The number of carbonyl (C=O) groups is 3. The Hall–Kier alpha value is -3.13. The first-order chi connectivity index (χ1) is 17.9. The van der Waals surface area contributed by atoms with Crippen molar-refractivity contribution < 1.29 is 38.4 Å². The lowest BCUT2D eigenvalue weighted by Gasteiger charge is -2.23. The summed E-state index contributed by atoms with van der Waals surface area (Å²) in [6.45, 7) is 12.4. The van der Waals surface area contributed by atoms with Gasteiger partial charge in [-0.2, -0.15) is 0 Å². The van der Waals surface area contributed by atoms with Gasteiger partial charge >= 0.3 is 17.9 Å². The molecule has 1 aromatic carbocycles. The molecule has 0 spiro atoms. The minimum atomic E-state index is -0.345. The molecule has 3 saturated heterocycles. The summed E-state index contributed by atoms with van der Waals surface area (Å²) < 4.78 is 21.2. The maximum atomic E-state index is 11.3. The number of fused-ring (bicyclic) bond motifs is 2. The van der Waals surface area contributed by atoms with Crippen molar-refractivity contribution in [3.63, 3.8) is 0 Å². The van der Waals surface area contributed by atoms with Gasteiger partial charge in [0.2, 0.25) is 0 Å². The van der Waals surface area contributed by atoms with Gasteiger partial charge in [0.25, 0.3) is 0 Å². The number of rotatable bonds is 4. The molecule has 1 saturated carbocycles. The van der Waals surface area contributed by atoms with Gasteiger partial charge in [0.1, 0.15) is 29.7 Å². The van der Waals surface area contributed by atoms with Crippen LogP contribution in [0.4, 0.5) is 0 Å². The van der Waals surface area contributed by atoms with Gasteiger partial charge < -0.3 is 24.1 Å². The minimum absolute atomic E-state index is 0.0324. The van der Waals surface area contributed by atoms with E-state index in [2.05, 4.69) is 13.2 Å². The van der Waals surface area contributed by atoms with E-state index in [9.17, 15) is 19.5 Å². The fourth-order valence-electron chi connectivity index (χ4n) is 5.70. The van der Waals surface area contributed by atoms with Crippen molar-refractivity contribution in [2.24, 2.45) is 5.92 Å². The van der Waals surface area contributed by atoms with Crippen LogP contribution in [0.5, 0.6) is 5.75 Å². The molecule has 5 unspecified atom stereocenters. The maximum absolute atomic E-state index is 11.3. The largest absolute Gasteiger partial charge is 0.508 e. The van der Waals surface area contributed by atoms with E-state index in [0.29, 0.717) is 30.1 Å².